The van der Waals surface area contributed by atoms with Crippen LogP contribution in [0.1, 0.15) is 12.5 Å². The zero-order valence-corrected chi connectivity index (χ0v) is 15.4. The number of nitrogens with zero attached hydrogens (tertiary/aromatic N) is 2. The number of nitro groups is 1. The summed E-state index contributed by atoms with van der Waals surface area (Å²) in [4.78, 5) is 46.8. The van der Waals surface area contributed by atoms with Crippen molar-refractivity contribution in [1.82, 2.24) is 5.43 Å². The van der Waals surface area contributed by atoms with Crippen LogP contribution in [-0.4, -0.2) is 29.8 Å². The monoisotopic (exact) mass is 397 g/mol. The first-order valence-corrected chi connectivity index (χ1v) is 8.29. The minimum Gasteiger partial charge on any atom is -0.493 e. The molecule has 10 nitrogen and oxygen atoms in total. The molecule has 1 fully saturated rings. The Morgan fingerprint density at radius 2 is 1.90 bits per heavy atom. The number of esters is 1. The molecular formula is C19H15N3O7. The van der Waals surface area contributed by atoms with Crippen LogP contribution >= 0.6 is 0 Å². The maximum absolute atomic E-state index is 12.6. The van der Waals surface area contributed by atoms with E-state index in [1.165, 1.54) is 19.3 Å². The molecule has 0 bridgehead atoms. The molecule has 0 atom stereocenters. The topological polar surface area (TPSA) is 128 Å². The first-order valence-electron chi connectivity index (χ1n) is 8.29. The van der Waals surface area contributed by atoms with E-state index in [1.54, 1.807) is 30.3 Å². The Morgan fingerprint density at radius 3 is 2.48 bits per heavy atom. The molecule has 0 radical (unpaired) electrons. The van der Waals surface area contributed by atoms with Gasteiger partial charge in [-0.05, 0) is 29.8 Å². The molecule has 1 aliphatic heterocycles. The summed E-state index contributed by atoms with van der Waals surface area (Å²) in [5.41, 5.74) is 2.29. The van der Waals surface area contributed by atoms with Gasteiger partial charge in [-0.2, -0.15) is 0 Å². The molecule has 2 aromatic carbocycles. The first-order chi connectivity index (χ1) is 13.8. The van der Waals surface area contributed by atoms with Crippen molar-refractivity contribution in [2.24, 2.45) is 0 Å². The first kappa shape index (κ1) is 19.5. The lowest BCUT2D eigenvalue weighted by atomic mass is 10.1. The number of nitro benzene ring substituents is 1. The Kier molecular flexibility index (Phi) is 5.26. The smallest absolute Gasteiger partial charge is 0.316 e. The fourth-order valence-electron chi connectivity index (χ4n) is 2.71. The standard InChI is InChI=1S/C19H15N3O7/c1-11(23)29-17-15(22(26)27)9-12(10-16(17)28-2)8-14-18(24)20-21(19(14)25)13-6-4-3-5-7-13/h3-10H,1-2H3,(H,20,24). The number of benzene rings is 2. The fraction of sp³-hybridized carbons (Fsp3) is 0.105. The molecule has 2 amide bonds. The van der Waals surface area contributed by atoms with Crippen molar-refractivity contribution < 1.29 is 28.8 Å². The van der Waals surface area contributed by atoms with Gasteiger partial charge in [0.1, 0.15) is 5.57 Å². The third-order valence-electron chi connectivity index (χ3n) is 3.94. The second kappa shape index (κ2) is 7.80. The van der Waals surface area contributed by atoms with Gasteiger partial charge in [0, 0.05) is 13.0 Å². The molecule has 0 aromatic heterocycles. The molecule has 1 aliphatic rings. The van der Waals surface area contributed by atoms with Crippen molar-refractivity contribution in [3.63, 3.8) is 0 Å². The minimum absolute atomic E-state index is 0.0907. The quantitative estimate of drug-likeness (QED) is 0.204. The minimum atomic E-state index is -0.763. The van der Waals surface area contributed by atoms with Crippen LogP contribution in [0.4, 0.5) is 11.4 Å². The number of carbonyl (C=O) groups excluding carboxylic acids is 3. The summed E-state index contributed by atoms with van der Waals surface area (Å²) in [6.07, 6.45) is 1.20. The number of para-hydroxylation sites is 1. The number of ether oxygens (including phenoxy) is 2. The van der Waals surface area contributed by atoms with Gasteiger partial charge in [0.05, 0.1) is 17.7 Å². The third kappa shape index (κ3) is 3.90. The summed E-state index contributed by atoms with van der Waals surface area (Å²) in [6, 6.07) is 10.9. The van der Waals surface area contributed by atoms with Crippen molar-refractivity contribution in [2.75, 3.05) is 12.1 Å². The van der Waals surface area contributed by atoms with E-state index in [1.807, 2.05) is 0 Å². The van der Waals surface area contributed by atoms with Crippen LogP contribution in [0.2, 0.25) is 0 Å². The van der Waals surface area contributed by atoms with Gasteiger partial charge < -0.3 is 9.47 Å². The van der Waals surface area contributed by atoms with Gasteiger partial charge in [0.25, 0.3) is 11.8 Å². The number of hydrogen-bond donors (Lipinski definition) is 1. The third-order valence-corrected chi connectivity index (χ3v) is 3.94. The second-order valence-corrected chi connectivity index (χ2v) is 5.90. The lowest BCUT2D eigenvalue weighted by Crippen LogP contribution is -2.35. The van der Waals surface area contributed by atoms with E-state index in [2.05, 4.69) is 5.43 Å². The summed E-state index contributed by atoms with van der Waals surface area (Å²) >= 11 is 0. The number of carbonyl (C=O) groups is 3. The zero-order chi connectivity index (χ0) is 21.1. The predicted octanol–water partition coefficient (Wildman–Crippen LogP) is 1.99. The maximum atomic E-state index is 12.6. The molecule has 1 saturated heterocycles. The zero-order valence-electron chi connectivity index (χ0n) is 15.4. The van der Waals surface area contributed by atoms with Crippen LogP contribution in [0, 0.1) is 10.1 Å². The maximum Gasteiger partial charge on any atom is 0.316 e. The SMILES string of the molecule is COc1cc(C=C2C(=O)NN(c3ccccc3)C2=O)cc([N+](=O)[O-])c1OC(C)=O. The number of methoxy groups -OCH3 is 1. The van der Waals surface area contributed by atoms with E-state index >= 15 is 0 Å². The Labute approximate surface area is 164 Å². The Balaban J connectivity index is 2.04. The van der Waals surface area contributed by atoms with Gasteiger partial charge in [-0.3, -0.25) is 29.9 Å². The molecule has 0 saturated carbocycles. The number of hydrazine groups is 1. The predicted molar refractivity (Wildman–Crippen MR) is 101 cm³/mol. The van der Waals surface area contributed by atoms with E-state index < -0.39 is 28.4 Å². The van der Waals surface area contributed by atoms with E-state index in [4.69, 9.17) is 9.47 Å². The molecule has 0 unspecified atom stereocenters. The Hall–Kier alpha value is -4.21. The highest BCUT2D eigenvalue weighted by Crippen LogP contribution is 2.39. The Bertz CT molecular complexity index is 1050. The number of nitrogens with one attached hydrogen (secondary N) is 1. The average molecular weight is 397 g/mol. The molecule has 3 rings (SSSR count). The van der Waals surface area contributed by atoms with E-state index in [-0.39, 0.29) is 22.6 Å². The van der Waals surface area contributed by atoms with E-state index in [9.17, 15) is 24.5 Å². The second-order valence-electron chi connectivity index (χ2n) is 5.90. The number of anilines is 1. The van der Waals surface area contributed by atoms with Crippen molar-refractivity contribution in [3.05, 3.63) is 63.7 Å². The Morgan fingerprint density at radius 1 is 1.21 bits per heavy atom. The van der Waals surface area contributed by atoms with Crippen LogP contribution in [0.5, 0.6) is 11.5 Å². The van der Waals surface area contributed by atoms with Crippen LogP contribution in [0.3, 0.4) is 0 Å². The summed E-state index contributed by atoms with van der Waals surface area (Å²) in [7, 11) is 1.24. The van der Waals surface area contributed by atoms with E-state index in [0.717, 1.165) is 18.0 Å². The molecule has 10 heteroatoms. The lowest BCUT2D eigenvalue weighted by molar-refractivity contribution is -0.385. The summed E-state index contributed by atoms with van der Waals surface area (Å²) in [6.45, 7) is 1.10. The number of rotatable bonds is 5. The van der Waals surface area contributed by atoms with Gasteiger partial charge in [0.2, 0.25) is 5.75 Å². The molecule has 148 valence electrons. The molecule has 0 spiro atoms. The molecule has 1 heterocycles. The molecule has 0 aliphatic carbocycles. The van der Waals surface area contributed by atoms with Gasteiger partial charge in [-0.25, -0.2) is 5.01 Å². The highest BCUT2D eigenvalue weighted by Gasteiger charge is 2.34. The molecule has 2 aromatic rings. The van der Waals surface area contributed by atoms with E-state index in [0.29, 0.717) is 5.69 Å². The summed E-state index contributed by atoms with van der Waals surface area (Å²) in [5.74, 6) is -2.50. The highest BCUT2D eigenvalue weighted by atomic mass is 16.6. The van der Waals surface area contributed by atoms with Crippen molar-refractivity contribution >= 4 is 35.2 Å². The van der Waals surface area contributed by atoms with Crippen molar-refractivity contribution in [3.8, 4) is 11.5 Å². The van der Waals surface area contributed by atoms with Crippen molar-refractivity contribution in [2.45, 2.75) is 6.92 Å². The van der Waals surface area contributed by atoms with Crippen LogP contribution in [0.15, 0.2) is 48.0 Å². The van der Waals surface area contributed by atoms with Gasteiger partial charge in [-0.15, -0.1) is 0 Å². The number of hydrogen-bond acceptors (Lipinski definition) is 7. The summed E-state index contributed by atoms with van der Waals surface area (Å²) in [5, 5.41) is 12.5. The molecule has 29 heavy (non-hydrogen) atoms. The van der Waals surface area contributed by atoms with Crippen LogP contribution < -0.4 is 19.9 Å². The van der Waals surface area contributed by atoms with Crippen molar-refractivity contribution in [1.29, 1.82) is 0 Å². The average Bonchev–Trinajstić information content (AvgIpc) is 2.97. The van der Waals surface area contributed by atoms with Gasteiger partial charge in [0.15, 0.2) is 5.75 Å². The molecular weight excluding hydrogens is 382 g/mol. The lowest BCUT2D eigenvalue weighted by Gasteiger charge is -2.13. The number of amides is 2. The fourth-order valence-corrected chi connectivity index (χ4v) is 2.71. The van der Waals surface area contributed by atoms with Crippen LogP contribution in [0.25, 0.3) is 6.08 Å². The molecule has 1 N–H and O–H groups in total. The van der Waals surface area contributed by atoms with Crippen LogP contribution in [-0.2, 0) is 14.4 Å². The normalized spacial score (nSPS) is 14.7. The van der Waals surface area contributed by atoms with Gasteiger partial charge in [-0.1, -0.05) is 18.2 Å². The highest BCUT2D eigenvalue weighted by molar-refractivity contribution is 6.31. The van der Waals surface area contributed by atoms with Gasteiger partial charge >= 0.3 is 11.7 Å². The summed E-state index contributed by atoms with van der Waals surface area (Å²) < 4.78 is 9.97. The largest absolute Gasteiger partial charge is 0.493 e.